The van der Waals surface area contributed by atoms with Gasteiger partial charge in [-0.1, -0.05) is 6.58 Å². The Morgan fingerprint density at radius 3 is 2.71 bits per heavy atom. The third kappa shape index (κ3) is 3.59. The minimum atomic E-state index is 0.137. The van der Waals surface area contributed by atoms with Crippen molar-refractivity contribution in [2.24, 2.45) is 0 Å². The molecule has 0 unspecified atom stereocenters. The zero-order valence-electron chi connectivity index (χ0n) is 16.1. The summed E-state index contributed by atoms with van der Waals surface area (Å²) in [6.07, 6.45) is 2.88. The Kier molecular flexibility index (Phi) is 5.44. The van der Waals surface area contributed by atoms with Crippen molar-refractivity contribution in [2.45, 2.75) is 26.8 Å². The van der Waals surface area contributed by atoms with Crippen LogP contribution in [0.15, 0.2) is 41.8 Å². The Morgan fingerprint density at radius 2 is 2.07 bits per heavy atom. The van der Waals surface area contributed by atoms with Crippen LogP contribution in [0.1, 0.15) is 26.8 Å². The van der Waals surface area contributed by atoms with Crippen LogP contribution in [0.2, 0.25) is 0 Å². The van der Waals surface area contributed by atoms with Gasteiger partial charge in [0.15, 0.2) is 11.2 Å². The number of hydrogen-bond donors (Lipinski definition) is 2. The highest BCUT2D eigenvalue weighted by Crippen LogP contribution is 2.33. The van der Waals surface area contributed by atoms with E-state index >= 15 is 0 Å². The third-order valence-corrected chi connectivity index (χ3v) is 3.97. The third-order valence-electron chi connectivity index (χ3n) is 3.97. The van der Waals surface area contributed by atoms with E-state index < -0.39 is 0 Å². The first-order valence-electron chi connectivity index (χ1n) is 8.83. The Labute approximate surface area is 162 Å². The SMILES string of the molecule is C=COCC.CC(C)n1nc(-c2ccc3oc(N)nc3c2)c2c(N)ncnc21. The predicted octanol–water partition coefficient (Wildman–Crippen LogP) is 3.55. The molecule has 0 saturated carbocycles. The maximum absolute atomic E-state index is 6.07. The molecule has 0 spiro atoms. The highest BCUT2D eigenvalue weighted by molar-refractivity contribution is 5.99. The molecule has 4 rings (SSSR count). The largest absolute Gasteiger partial charge is 0.502 e. The molecule has 1 aromatic carbocycles. The summed E-state index contributed by atoms with van der Waals surface area (Å²) in [6, 6.07) is 5.86. The minimum Gasteiger partial charge on any atom is -0.502 e. The molecular weight excluding hydrogens is 358 g/mol. The molecule has 4 N–H and O–H groups in total. The Bertz CT molecular complexity index is 1110. The number of oxazole rings is 1. The lowest BCUT2D eigenvalue weighted by atomic mass is 10.1. The number of nitrogens with zero attached hydrogens (tertiary/aromatic N) is 5. The first-order valence-corrected chi connectivity index (χ1v) is 8.83. The highest BCUT2D eigenvalue weighted by atomic mass is 16.5. The Hall–Kier alpha value is -3.62. The second-order valence-corrected chi connectivity index (χ2v) is 6.20. The molecule has 0 aliphatic carbocycles. The van der Waals surface area contributed by atoms with Gasteiger partial charge in [0.25, 0.3) is 6.01 Å². The first-order chi connectivity index (χ1) is 13.5. The standard InChI is InChI=1S/C15H15N7O.C4H8O/c1-7(2)22-14-11(13(16)18-6-19-14)12(21-22)8-3-4-10-9(5-8)20-15(17)23-10;1-3-5-4-2/h3-7H,1-2H3,(H2,17,20)(H2,16,18,19);3H,1,4H2,2H3. The average molecular weight is 381 g/mol. The number of ether oxygens (including phenoxy) is 1. The van der Waals surface area contributed by atoms with E-state index in [9.17, 15) is 0 Å². The van der Waals surface area contributed by atoms with Gasteiger partial charge in [-0.3, -0.25) is 0 Å². The molecule has 3 aromatic heterocycles. The lowest BCUT2D eigenvalue weighted by Gasteiger charge is -2.05. The van der Waals surface area contributed by atoms with E-state index in [-0.39, 0.29) is 12.1 Å². The quantitative estimate of drug-likeness (QED) is 0.513. The van der Waals surface area contributed by atoms with Crippen LogP contribution in [0, 0.1) is 0 Å². The molecule has 28 heavy (non-hydrogen) atoms. The number of nitrogen functional groups attached to an aromatic ring is 2. The molecule has 0 amide bonds. The van der Waals surface area contributed by atoms with Crippen LogP contribution in [0.5, 0.6) is 0 Å². The molecule has 0 fully saturated rings. The van der Waals surface area contributed by atoms with Crippen molar-refractivity contribution < 1.29 is 9.15 Å². The van der Waals surface area contributed by atoms with Crippen molar-refractivity contribution in [3.05, 3.63) is 37.4 Å². The van der Waals surface area contributed by atoms with Gasteiger partial charge in [-0.05, 0) is 39.0 Å². The fourth-order valence-corrected chi connectivity index (χ4v) is 2.77. The Balaban J connectivity index is 0.000000403. The van der Waals surface area contributed by atoms with E-state index in [2.05, 4.69) is 31.4 Å². The van der Waals surface area contributed by atoms with Gasteiger partial charge in [0.1, 0.15) is 23.4 Å². The van der Waals surface area contributed by atoms with Gasteiger partial charge in [0.2, 0.25) is 0 Å². The number of anilines is 2. The smallest absolute Gasteiger partial charge is 0.292 e. The first kappa shape index (κ1) is 19.2. The molecule has 0 aliphatic heterocycles. The maximum Gasteiger partial charge on any atom is 0.292 e. The number of benzene rings is 1. The van der Waals surface area contributed by atoms with Crippen molar-refractivity contribution >= 4 is 34.0 Å². The van der Waals surface area contributed by atoms with Crippen molar-refractivity contribution in [3.8, 4) is 11.3 Å². The summed E-state index contributed by atoms with van der Waals surface area (Å²) in [7, 11) is 0. The molecule has 0 aliphatic rings. The van der Waals surface area contributed by atoms with Crippen molar-refractivity contribution in [1.29, 1.82) is 0 Å². The van der Waals surface area contributed by atoms with Gasteiger partial charge in [-0.2, -0.15) is 10.1 Å². The van der Waals surface area contributed by atoms with E-state index in [1.165, 1.54) is 12.6 Å². The predicted molar refractivity (Wildman–Crippen MR) is 109 cm³/mol. The topological polar surface area (TPSA) is 131 Å². The molecule has 0 bridgehead atoms. The number of rotatable bonds is 4. The van der Waals surface area contributed by atoms with Crippen molar-refractivity contribution in [1.82, 2.24) is 24.7 Å². The van der Waals surface area contributed by atoms with E-state index in [0.29, 0.717) is 22.6 Å². The van der Waals surface area contributed by atoms with Gasteiger partial charge in [0, 0.05) is 11.6 Å². The summed E-state index contributed by atoms with van der Waals surface area (Å²) < 4.78 is 11.7. The molecule has 146 valence electrons. The summed E-state index contributed by atoms with van der Waals surface area (Å²) in [6.45, 7) is 10.0. The van der Waals surface area contributed by atoms with Gasteiger partial charge >= 0.3 is 0 Å². The number of fused-ring (bicyclic) bond motifs is 2. The summed E-state index contributed by atoms with van der Waals surface area (Å²) in [5, 5.41) is 5.41. The number of aromatic nitrogens is 5. The second kappa shape index (κ2) is 7.95. The summed E-state index contributed by atoms with van der Waals surface area (Å²) in [4.78, 5) is 12.6. The van der Waals surface area contributed by atoms with Crippen LogP contribution in [0.3, 0.4) is 0 Å². The van der Waals surface area contributed by atoms with Crippen molar-refractivity contribution in [3.63, 3.8) is 0 Å². The molecule has 0 radical (unpaired) electrons. The van der Waals surface area contributed by atoms with E-state index in [1.54, 1.807) is 0 Å². The van der Waals surface area contributed by atoms with E-state index in [0.717, 1.165) is 23.3 Å². The van der Waals surface area contributed by atoms with Gasteiger partial charge in [-0.15, -0.1) is 0 Å². The van der Waals surface area contributed by atoms with Crippen LogP contribution >= 0.6 is 0 Å². The van der Waals surface area contributed by atoms with Crippen LogP contribution < -0.4 is 11.5 Å². The lowest BCUT2D eigenvalue weighted by molar-refractivity contribution is 0.270. The summed E-state index contributed by atoms with van der Waals surface area (Å²) in [5.74, 6) is 0.400. The fraction of sp³-hybridized carbons (Fsp3) is 0.263. The van der Waals surface area contributed by atoms with E-state index in [1.807, 2.05) is 43.7 Å². The van der Waals surface area contributed by atoms with E-state index in [4.69, 9.17) is 15.9 Å². The van der Waals surface area contributed by atoms with Gasteiger partial charge < -0.3 is 20.6 Å². The highest BCUT2D eigenvalue weighted by Gasteiger charge is 2.19. The normalized spacial score (nSPS) is 10.9. The molecule has 0 saturated heterocycles. The zero-order valence-corrected chi connectivity index (χ0v) is 16.1. The molecule has 0 atom stereocenters. The minimum absolute atomic E-state index is 0.137. The summed E-state index contributed by atoms with van der Waals surface area (Å²) >= 11 is 0. The second-order valence-electron chi connectivity index (χ2n) is 6.20. The summed E-state index contributed by atoms with van der Waals surface area (Å²) in [5.41, 5.74) is 15.2. The fourth-order valence-electron chi connectivity index (χ4n) is 2.77. The van der Waals surface area contributed by atoms with Crippen LogP contribution in [-0.4, -0.2) is 31.3 Å². The molecule has 3 heterocycles. The maximum atomic E-state index is 6.07. The molecule has 9 nitrogen and oxygen atoms in total. The number of hydrogen-bond acceptors (Lipinski definition) is 8. The lowest BCUT2D eigenvalue weighted by Crippen LogP contribution is -2.04. The van der Waals surface area contributed by atoms with Crippen LogP contribution in [0.25, 0.3) is 33.4 Å². The van der Waals surface area contributed by atoms with Gasteiger partial charge in [-0.25, -0.2) is 14.6 Å². The zero-order chi connectivity index (χ0) is 20.3. The molecule has 4 aromatic rings. The van der Waals surface area contributed by atoms with Gasteiger partial charge in [0.05, 0.1) is 18.3 Å². The monoisotopic (exact) mass is 381 g/mol. The van der Waals surface area contributed by atoms with Crippen LogP contribution in [-0.2, 0) is 4.74 Å². The Morgan fingerprint density at radius 1 is 1.29 bits per heavy atom. The van der Waals surface area contributed by atoms with Crippen molar-refractivity contribution in [2.75, 3.05) is 18.1 Å². The molecule has 9 heteroatoms. The molecular formula is C19H23N7O2. The van der Waals surface area contributed by atoms with Crippen LogP contribution in [0.4, 0.5) is 11.8 Å². The number of nitrogens with two attached hydrogens (primary N) is 2. The average Bonchev–Trinajstić information content (AvgIpc) is 3.23.